The van der Waals surface area contributed by atoms with E-state index < -0.39 is 0 Å². The Bertz CT molecular complexity index is 395. The van der Waals surface area contributed by atoms with E-state index in [4.69, 9.17) is 14.2 Å². The number of rotatable bonds is 8. The van der Waals surface area contributed by atoms with Crippen LogP contribution in [0.2, 0.25) is 0 Å². The Balaban J connectivity index is 3.00. The number of hydrogen-bond donors (Lipinski definition) is 1. The van der Waals surface area contributed by atoms with Crippen molar-refractivity contribution in [3.8, 4) is 17.2 Å². The van der Waals surface area contributed by atoms with Crippen LogP contribution in [0.25, 0.3) is 0 Å². The van der Waals surface area contributed by atoms with E-state index in [2.05, 4.69) is 26.1 Å². The first-order chi connectivity index (χ1) is 9.57. The van der Waals surface area contributed by atoms with Gasteiger partial charge in [-0.05, 0) is 38.0 Å². The van der Waals surface area contributed by atoms with Gasteiger partial charge in [0.1, 0.15) is 0 Å². The molecule has 0 bridgehead atoms. The standard InChI is InChI=1S/C16H27NO3/c1-7-8-11(2)17-12(3)13-9-14(18-4)16(20-6)15(10-13)19-5/h9-12,17H,7-8H2,1-6H3. The third kappa shape index (κ3) is 4.04. The van der Waals surface area contributed by atoms with Crippen LogP contribution in [0.5, 0.6) is 17.2 Å². The van der Waals surface area contributed by atoms with Crippen molar-refractivity contribution in [1.82, 2.24) is 5.32 Å². The van der Waals surface area contributed by atoms with E-state index >= 15 is 0 Å². The minimum Gasteiger partial charge on any atom is -0.493 e. The van der Waals surface area contributed by atoms with Crippen LogP contribution in [0.4, 0.5) is 0 Å². The molecule has 0 amide bonds. The fourth-order valence-electron chi connectivity index (χ4n) is 2.39. The van der Waals surface area contributed by atoms with Gasteiger partial charge in [0.05, 0.1) is 21.3 Å². The number of benzene rings is 1. The Morgan fingerprint density at radius 3 is 1.95 bits per heavy atom. The molecule has 0 aliphatic rings. The van der Waals surface area contributed by atoms with E-state index in [0.29, 0.717) is 23.3 Å². The van der Waals surface area contributed by atoms with Gasteiger partial charge in [-0.2, -0.15) is 0 Å². The van der Waals surface area contributed by atoms with E-state index in [1.807, 2.05) is 12.1 Å². The van der Waals surface area contributed by atoms with Crippen LogP contribution >= 0.6 is 0 Å². The third-order valence-corrected chi connectivity index (χ3v) is 3.44. The topological polar surface area (TPSA) is 39.7 Å². The number of ether oxygens (including phenoxy) is 3. The molecule has 0 aliphatic carbocycles. The molecule has 0 heterocycles. The average molecular weight is 281 g/mol. The van der Waals surface area contributed by atoms with Crippen molar-refractivity contribution in [2.24, 2.45) is 0 Å². The molecule has 0 spiro atoms. The van der Waals surface area contributed by atoms with Gasteiger partial charge in [0.15, 0.2) is 11.5 Å². The summed E-state index contributed by atoms with van der Waals surface area (Å²) in [6.07, 6.45) is 2.34. The van der Waals surface area contributed by atoms with E-state index in [9.17, 15) is 0 Å². The summed E-state index contributed by atoms with van der Waals surface area (Å²) >= 11 is 0. The third-order valence-electron chi connectivity index (χ3n) is 3.44. The van der Waals surface area contributed by atoms with Crippen LogP contribution in [-0.4, -0.2) is 27.4 Å². The maximum atomic E-state index is 5.39. The monoisotopic (exact) mass is 281 g/mol. The number of methoxy groups -OCH3 is 3. The molecule has 0 saturated carbocycles. The molecular weight excluding hydrogens is 254 g/mol. The van der Waals surface area contributed by atoms with Crippen molar-refractivity contribution < 1.29 is 14.2 Å². The molecule has 1 aromatic carbocycles. The summed E-state index contributed by atoms with van der Waals surface area (Å²) in [5, 5.41) is 3.59. The molecular formula is C16H27NO3. The Hall–Kier alpha value is -1.42. The lowest BCUT2D eigenvalue weighted by molar-refractivity contribution is 0.322. The maximum absolute atomic E-state index is 5.39. The predicted molar refractivity (Wildman–Crippen MR) is 82.0 cm³/mol. The summed E-state index contributed by atoms with van der Waals surface area (Å²) in [5.41, 5.74) is 1.13. The molecule has 114 valence electrons. The molecule has 2 atom stereocenters. The quantitative estimate of drug-likeness (QED) is 0.791. The van der Waals surface area contributed by atoms with Crippen molar-refractivity contribution in [2.45, 2.75) is 45.7 Å². The molecule has 4 heteroatoms. The zero-order chi connectivity index (χ0) is 15.1. The zero-order valence-electron chi connectivity index (χ0n) is 13.4. The highest BCUT2D eigenvalue weighted by molar-refractivity contribution is 5.54. The van der Waals surface area contributed by atoms with E-state index in [1.54, 1.807) is 21.3 Å². The Kier molecular flexibility index (Phi) is 6.65. The van der Waals surface area contributed by atoms with Crippen LogP contribution < -0.4 is 19.5 Å². The number of hydrogen-bond acceptors (Lipinski definition) is 4. The molecule has 1 aromatic rings. The van der Waals surface area contributed by atoms with E-state index in [0.717, 1.165) is 12.0 Å². The molecule has 2 unspecified atom stereocenters. The Labute approximate surface area is 122 Å². The molecule has 1 rings (SSSR count). The van der Waals surface area contributed by atoms with Gasteiger partial charge in [0, 0.05) is 12.1 Å². The normalized spacial score (nSPS) is 13.7. The first-order valence-corrected chi connectivity index (χ1v) is 7.13. The minimum absolute atomic E-state index is 0.227. The lowest BCUT2D eigenvalue weighted by Gasteiger charge is -2.22. The molecule has 20 heavy (non-hydrogen) atoms. The second kappa shape index (κ2) is 8.00. The highest BCUT2D eigenvalue weighted by atomic mass is 16.5. The summed E-state index contributed by atoms with van der Waals surface area (Å²) in [6, 6.07) is 4.70. The Morgan fingerprint density at radius 2 is 1.55 bits per heavy atom. The molecule has 1 N–H and O–H groups in total. The lowest BCUT2D eigenvalue weighted by atomic mass is 10.0. The van der Waals surface area contributed by atoms with Gasteiger partial charge < -0.3 is 19.5 Å². The summed E-state index contributed by atoms with van der Waals surface area (Å²) in [5.74, 6) is 2.02. The van der Waals surface area contributed by atoms with Crippen molar-refractivity contribution >= 4 is 0 Å². The van der Waals surface area contributed by atoms with Crippen molar-refractivity contribution in [1.29, 1.82) is 0 Å². The first-order valence-electron chi connectivity index (χ1n) is 7.13. The molecule has 0 fully saturated rings. The highest BCUT2D eigenvalue weighted by Gasteiger charge is 2.17. The first kappa shape index (κ1) is 16.6. The van der Waals surface area contributed by atoms with E-state index in [1.165, 1.54) is 6.42 Å². The zero-order valence-corrected chi connectivity index (χ0v) is 13.4. The van der Waals surface area contributed by atoms with Crippen molar-refractivity contribution in [3.05, 3.63) is 17.7 Å². The van der Waals surface area contributed by atoms with Gasteiger partial charge in [-0.25, -0.2) is 0 Å². The van der Waals surface area contributed by atoms with Gasteiger partial charge >= 0.3 is 0 Å². The van der Waals surface area contributed by atoms with Gasteiger partial charge in [-0.1, -0.05) is 13.3 Å². The van der Waals surface area contributed by atoms with Gasteiger partial charge in [0.25, 0.3) is 0 Å². The molecule has 0 saturated heterocycles. The van der Waals surface area contributed by atoms with Gasteiger partial charge in [0.2, 0.25) is 5.75 Å². The van der Waals surface area contributed by atoms with Crippen LogP contribution in [0.15, 0.2) is 12.1 Å². The van der Waals surface area contributed by atoms with Crippen molar-refractivity contribution in [2.75, 3.05) is 21.3 Å². The average Bonchev–Trinajstić information content (AvgIpc) is 2.45. The smallest absolute Gasteiger partial charge is 0.203 e. The molecule has 0 aliphatic heterocycles. The Morgan fingerprint density at radius 1 is 1.00 bits per heavy atom. The second-order valence-corrected chi connectivity index (χ2v) is 5.04. The maximum Gasteiger partial charge on any atom is 0.203 e. The largest absolute Gasteiger partial charge is 0.493 e. The SMILES string of the molecule is CCCC(C)NC(C)c1cc(OC)c(OC)c(OC)c1. The summed E-state index contributed by atoms with van der Waals surface area (Å²) in [4.78, 5) is 0. The predicted octanol–water partition coefficient (Wildman–Crippen LogP) is 3.55. The van der Waals surface area contributed by atoms with E-state index in [-0.39, 0.29) is 6.04 Å². The van der Waals surface area contributed by atoms with Crippen LogP contribution in [-0.2, 0) is 0 Å². The van der Waals surface area contributed by atoms with Gasteiger partial charge in [-0.3, -0.25) is 0 Å². The molecule has 0 radical (unpaired) electrons. The fraction of sp³-hybridized carbons (Fsp3) is 0.625. The van der Waals surface area contributed by atoms with Crippen LogP contribution in [0.3, 0.4) is 0 Å². The molecule has 0 aromatic heterocycles. The summed E-state index contributed by atoms with van der Waals surface area (Å²) in [7, 11) is 4.89. The van der Waals surface area contributed by atoms with Crippen LogP contribution in [0.1, 0.15) is 45.2 Å². The second-order valence-electron chi connectivity index (χ2n) is 5.04. The summed E-state index contributed by atoms with van der Waals surface area (Å²) < 4.78 is 16.1. The highest BCUT2D eigenvalue weighted by Crippen LogP contribution is 2.39. The minimum atomic E-state index is 0.227. The summed E-state index contributed by atoms with van der Waals surface area (Å²) in [6.45, 7) is 6.55. The molecule has 4 nitrogen and oxygen atoms in total. The number of nitrogens with one attached hydrogen (secondary N) is 1. The van der Waals surface area contributed by atoms with Gasteiger partial charge in [-0.15, -0.1) is 0 Å². The fourth-order valence-corrected chi connectivity index (χ4v) is 2.39. The lowest BCUT2D eigenvalue weighted by Crippen LogP contribution is -2.28. The van der Waals surface area contributed by atoms with Crippen molar-refractivity contribution in [3.63, 3.8) is 0 Å². The van der Waals surface area contributed by atoms with Crippen LogP contribution in [0, 0.1) is 0 Å².